The zero-order valence-electron chi connectivity index (χ0n) is 19.1. The van der Waals surface area contributed by atoms with E-state index < -0.39 is 21.8 Å². The Bertz CT molecular complexity index is 1200. The molecule has 1 unspecified atom stereocenters. The minimum atomic E-state index is -3.18. The molecular formula is C23H29N5O4S. The van der Waals surface area contributed by atoms with Gasteiger partial charge in [0.1, 0.15) is 11.5 Å². The summed E-state index contributed by atoms with van der Waals surface area (Å²) in [4.78, 5) is 25.5. The maximum atomic E-state index is 13.1. The van der Waals surface area contributed by atoms with Gasteiger partial charge in [0.25, 0.3) is 5.91 Å². The van der Waals surface area contributed by atoms with Crippen LogP contribution < -0.4 is 5.32 Å². The number of anilines is 1. The fourth-order valence-corrected chi connectivity index (χ4v) is 5.63. The molecule has 2 amide bonds. The summed E-state index contributed by atoms with van der Waals surface area (Å²) in [5.74, 6) is -0.202. The highest BCUT2D eigenvalue weighted by Crippen LogP contribution is 2.26. The Hall–Kier alpha value is -3.01. The van der Waals surface area contributed by atoms with Crippen LogP contribution >= 0.6 is 0 Å². The van der Waals surface area contributed by atoms with Crippen molar-refractivity contribution in [2.75, 3.05) is 16.8 Å². The third-order valence-electron chi connectivity index (χ3n) is 5.84. The number of aromatic nitrogens is 2. The lowest BCUT2D eigenvalue weighted by atomic mass is 9.92. The lowest BCUT2D eigenvalue weighted by Crippen LogP contribution is -2.42. The second-order valence-electron chi connectivity index (χ2n) is 9.60. The second kappa shape index (κ2) is 8.74. The molecule has 0 saturated carbocycles. The van der Waals surface area contributed by atoms with Crippen LogP contribution in [0.1, 0.15) is 51.3 Å². The van der Waals surface area contributed by atoms with Crippen LogP contribution in [0.15, 0.2) is 41.5 Å². The molecule has 0 spiro atoms. The summed E-state index contributed by atoms with van der Waals surface area (Å²) >= 11 is 0. The van der Waals surface area contributed by atoms with E-state index >= 15 is 0 Å². The number of benzene rings is 1. The first-order valence-electron chi connectivity index (χ1n) is 11.1. The topological polar surface area (TPSA) is 114 Å². The normalized spacial score (nSPS) is 20.6. The molecular weight excluding hydrogens is 442 g/mol. The van der Waals surface area contributed by atoms with Gasteiger partial charge in [-0.1, -0.05) is 51.1 Å². The SMILES string of the molecule is CC(C)(C)c1cc(NC(=O)C2=NN(C3CCS(=O)(=O)C3)C(=O)CC2)n(Cc2ccccc2)n1. The standard InChI is InChI=1S/C23H29N5O4S/c1-23(2,3)19-13-20(27(26-19)14-16-7-5-4-6-8-16)24-22(30)18-9-10-21(29)28(25-18)17-11-12-33(31,32)15-17/h4-8,13,17H,9-12,14-15H2,1-3H3,(H,24,30). The first-order valence-corrected chi connectivity index (χ1v) is 12.9. The van der Waals surface area contributed by atoms with Gasteiger partial charge in [0.15, 0.2) is 9.84 Å². The maximum absolute atomic E-state index is 13.1. The lowest BCUT2D eigenvalue weighted by molar-refractivity contribution is -0.133. The number of sulfone groups is 1. The van der Waals surface area contributed by atoms with E-state index in [9.17, 15) is 18.0 Å². The highest BCUT2D eigenvalue weighted by Gasteiger charge is 2.37. The molecule has 2 aliphatic rings. The Balaban J connectivity index is 1.57. The minimum absolute atomic E-state index is 0.0345. The van der Waals surface area contributed by atoms with Gasteiger partial charge in [0, 0.05) is 24.3 Å². The fraction of sp³-hybridized carbons (Fsp3) is 0.478. The van der Waals surface area contributed by atoms with Crippen molar-refractivity contribution in [1.29, 1.82) is 0 Å². The van der Waals surface area contributed by atoms with Crippen molar-refractivity contribution in [3.05, 3.63) is 47.7 Å². The number of carbonyl (C=O) groups is 2. The van der Waals surface area contributed by atoms with E-state index in [1.54, 1.807) is 4.68 Å². The van der Waals surface area contributed by atoms with E-state index in [-0.39, 0.29) is 41.4 Å². The van der Waals surface area contributed by atoms with Crippen molar-refractivity contribution < 1.29 is 18.0 Å². The van der Waals surface area contributed by atoms with Gasteiger partial charge in [-0.3, -0.25) is 9.59 Å². The van der Waals surface area contributed by atoms with Crippen molar-refractivity contribution in [2.45, 2.75) is 58.0 Å². The second-order valence-corrected chi connectivity index (χ2v) is 11.8. The molecule has 1 aromatic carbocycles. The molecule has 1 N–H and O–H groups in total. The van der Waals surface area contributed by atoms with Crippen molar-refractivity contribution >= 4 is 33.2 Å². The summed E-state index contributed by atoms with van der Waals surface area (Å²) in [7, 11) is -3.18. The van der Waals surface area contributed by atoms with Crippen LogP contribution in [0.25, 0.3) is 0 Å². The van der Waals surface area contributed by atoms with Crippen molar-refractivity contribution in [1.82, 2.24) is 14.8 Å². The molecule has 176 valence electrons. The van der Waals surface area contributed by atoms with Gasteiger partial charge in [-0.05, 0) is 12.0 Å². The van der Waals surface area contributed by atoms with Crippen LogP contribution in [-0.4, -0.2) is 58.3 Å². The zero-order valence-corrected chi connectivity index (χ0v) is 19.9. The predicted molar refractivity (Wildman–Crippen MR) is 126 cm³/mol. The van der Waals surface area contributed by atoms with Crippen LogP contribution in [0.2, 0.25) is 0 Å². The summed E-state index contributed by atoms with van der Waals surface area (Å²) in [6, 6.07) is 11.2. The molecule has 0 aliphatic carbocycles. The molecule has 1 aromatic heterocycles. The quantitative estimate of drug-likeness (QED) is 0.719. The van der Waals surface area contributed by atoms with E-state index in [4.69, 9.17) is 5.10 Å². The number of nitrogens with one attached hydrogen (secondary N) is 1. The number of rotatable bonds is 5. The Kier molecular flexibility index (Phi) is 6.13. The van der Waals surface area contributed by atoms with Crippen molar-refractivity contribution in [3.63, 3.8) is 0 Å². The first-order chi connectivity index (χ1) is 15.5. The minimum Gasteiger partial charge on any atom is -0.306 e. The molecule has 1 fully saturated rings. The molecule has 0 bridgehead atoms. The van der Waals surface area contributed by atoms with Gasteiger partial charge >= 0.3 is 0 Å². The fourth-order valence-electron chi connectivity index (χ4n) is 3.94. The van der Waals surface area contributed by atoms with Crippen molar-refractivity contribution in [3.8, 4) is 0 Å². The maximum Gasteiger partial charge on any atom is 0.273 e. The van der Waals surface area contributed by atoms with E-state index in [2.05, 4.69) is 31.2 Å². The monoisotopic (exact) mass is 471 g/mol. The van der Waals surface area contributed by atoms with Crippen LogP contribution in [-0.2, 0) is 31.4 Å². The Morgan fingerprint density at radius 2 is 1.91 bits per heavy atom. The summed E-state index contributed by atoms with van der Waals surface area (Å²) in [5.41, 5.74) is 1.89. The molecule has 2 aromatic rings. The van der Waals surface area contributed by atoms with E-state index in [0.29, 0.717) is 18.8 Å². The number of hydrogen-bond acceptors (Lipinski definition) is 6. The van der Waals surface area contributed by atoms with E-state index in [1.165, 1.54) is 5.01 Å². The molecule has 4 rings (SSSR count). The average molecular weight is 472 g/mol. The van der Waals surface area contributed by atoms with Crippen LogP contribution in [0.5, 0.6) is 0 Å². The lowest BCUT2D eigenvalue weighted by Gasteiger charge is -2.27. The molecule has 1 saturated heterocycles. The highest BCUT2D eigenvalue weighted by atomic mass is 32.2. The molecule has 9 nitrogen and oxygen atoms in total. The Morgan fingerprint density at radius 3 is 2.55 bits per heavy atom. The number of amides is 2. The van der Waals surface area contributed by atoms with E-state index in [1.807, 2.05) is 36.4 Å². The Morgan fingerprint density at radius 1 is 1.18 bits per heavy atom. The summed E-state index contributed by atoms with van der Waals surface area (Å²) < 4.78 is 25.4. The Labute approximate surface area is 193 Å². The van der Waals surface area contributed by atoms with Crippen LogP contribution in [0, 0.1) is 0 Å². The summed E-state index contributed by atoms with van der Waals surface area (Å²) in [6.45, 7) is 6.65. The van der Waals surface area contributed by atoms with E-state index in [0.717, 1.165) is 11.3 Å². The van der Waals surface area contributed by atoms with Gasteiger partial charge in [-0.25, -0.2) is 18.1 Å². The number of nitrogens with zero attached hydrogens (tertiary/aromatic N) is 4. The zero-order chi connectivity index (χ0) is 23.8. The van der Waals surface area contributed by atoms with Gasteiger partial charge < -0.3 is 5.32 Å². The number of hydrazone groups is 1. The number of carbonyl (C=O) groups excluding carboxylic acids is 2. The van der Waals surface area contributed by atoms with Crippen molar-refractivity contribution in [2.24, 2.45) is 5.10 Å². The molecule has 3 heterocycles. The largest absolute Gasteiger partial charge is 0.306 e. The number of hydrogen-bond donors (Lipinski definition) is 1. The smallest absolute Gasteiger partial charge is 0.273 e. The molecule has 0 radical (unpaired) electrons. The van der Waals surface area contributed by atoms with Gasteiger partial charge in [0.2, 0.25) is 5.91 Å². The van der Waals surface area contributed by atoms with Gasteiger partial charge in [-0.15, -0.1) is 0 Å². The molecule has 1 atom stereocenters. The van der Waals surface area contributed by atoms with Crippen LogP contribution in [0.4, 0.5) is 5.82 Å². The summed E-state index contributed by atoms with van der Waals surface area (Å²) in [6.07, 6.45) is 0.671. The molecule has 2 aliphatic heterocycles. The molecule has 33 heavy (non-hydrogen) atoms. The third kappa shape index (κ3) is 5.32. The average Bonchev–Trinajstić information content (AvgIpc) is 3.32. The third-order valence-corrected chi connectivity index (χ3v) is 7.59. The highest BCUT2D eigenvalue weighted by molar-refractivity contribution is 7.91. The van der Waals surface area contributed by atoms with Gasteiger partial charge in [0.05, 0.1) is 29.8 Å². The molecule has 10 heteroatoms. The summed E-state index contributed by atoms with van der Waals surface area (Å²) in [5, 5.41) is 13.1. The predicted octanol–water partition coefficient (Wildman–Crippen LogP) is 2.33. The first kappa shape index (κ1) is 23.2. The van der Waals surface area contributed by atoms with Gasteiger partial charge in [-0.2, -0.15) is 10.2 Å². The van der Waals surface area contributed by atoms with Crippen LogP contribution in [0.3, 0.4) is 0 Å².